The van der Waals surface area contributed by atoms with E-state index in [4.69, 9.17) is 0 Å². The zero-order chi connectivity index (χ0) is 11.5. The third-order valence-corrected chi connectivity index (χ3v) is 4.00. The summed E-state index contributed by atoms with van der Waals surface area (Å²) in [6, 6.07) is 5.81. The van der Waals surface area contributed by atoms with Crippen LogP contribution in [0.25, 0.3) is 0 Å². The van der Waals surface area contributed by atoms with E-state index in [1.54, 1.807) is 0 Å². The zero-order valence-electron chi connectivity index (χ0n) is 9.50. The Morgan fingerprint density at radius 1 is 1.25 bits per heavy atom. The standard InChI is InChI=1S/C13H16BrNO/c1-10-11(6-5-7-12(10)14)13(16)15-8-3-2-4-9-15/h5-7H,2-4,8-9H2,1H3. The molecule has 1 aromatic carbocycles. The maximum atomic E-state index is 12.3. The van der Waals surface area contributed by atoms with Gasteiger partial charge in [0.25, 0.3) is 5.91 Å². The predicted octanol–water partition coefficient (Wildman–Crippen LogP) is 3.38. The van der Waals surface area contributed by atoms with Crippen molar-refractivity contribution in [2.75, 3.05) is 13.1 Å². The minimum atomic E-state index is 0.179. The van der Waals surface area contributed by atoms with Crippen molar-refractivity contribution < 1.29 is 4.79 Å². The monoisotopic (exact) mass is 281 g/mol. The van der Waals surface area contributed by atoms with Crippen LogP contribution in [0.4, 0.5) is 0 Å². The predicted molar refractivity (Wildman–Crippen MR) is 68.6 cm³/mol. The lowest BCUT2D eigenvalue weighted by Gasteiger charge is -2.27. The first-order valence-corrected chi connectivity index (χ1v) is 6.54. The van der Waals surface area contributed by atoms with Gasteiger partial charge in [-0.05, 0) is 43.9 Å². The molecule has 0 unspecified atom stereocenters. The van der Waals surface area contributed by atoms with Crippen LogP contribution in [0.1, 0.15) is 35.2 Å². The lowest BCUT2D eigenvalue weighted by Crippen LogP contribution is -2.35. The van der Waals surface area contributed by atoms with Crippen LogP contribution in [0.2, 0.25) is 0 Å². The Morgan fingerprint density at radius 2 is 1.94 bits per heavy atom. The molecule has 0 aliphatic carbocycles. The average Bonchev–Trinajstić information content (AvgIpc) is 2.33. The summed E-state index contributed by atoms with van der Waals surface area (Å²) in [5.41, 5.74) is 1.87. The number of rotatable bonds is 1. The van der Waals surface area contributed by atoms with Crippen molar-refractivity contribution in [2.24, 2.45) is 0 Å². The van der Waals surface area contributed by atoms with E-state index in [0.29, 0.717) is 0 Å². The fourth-order valence-electron chi connectivity index (χ4n) is 2.11. The number of amides is 1. The van der Waals surface area contributed by atoms with Gasteiger partial charge in [-0.2, -0.15) is 0 Å². The third kappa shape index (κ3) is 2.29. The van der Waals surface area contributed by atoms with Gasteiger partial charge in [0.2, 0.25) is 0 Å². The normalized spacial score (nSPS) is 16.2. The second kappa shape index (κ2) is 5.00. The van der Waals surface area contributed by atoms with Crippen LogP contribution in [0.15, 0.2) is 22.7 Å². The van der Waals surface area contributed by atoms with E-state index in [0.717, 1.165) is 41.5 Å². The molecule has 1 aliphatic heterocycles. The molecule has 0 saturated carbocycles. The van der Waals surface area contributed by atoms with Gasteiger partial charge < -0.3 is 4.90 Å². The molecule has 3 heteroatoms. The van der Waals surface area contributed by atoms with Crippen LogP contribution in [0.5, 0.6) is 0 Å². The third-order valence-electron chi connectivity index (χ3n) is 3.14. The molecule has 0 aromatic heterocycles. The maximum Gasteiger partial charge on any atom is 0.254 e. The molecule has 86 valence electrons. The molecule has 1 fully saturated rings. The van der Waals surface area contributed by atoms with Crippen molar-refractivity contribution in [3.05, 3.63) is 33.8 Å². The Labute approximate surface area is 105 Å². The molecule has 2 nitrogen and oxygen atoms in total. The maximum absolute atomic E-state index is 12.3. The SMILES string of the molecule is Cc1c(Br)cccc1C(=O)N1CCCCC1. The van der Waals surface area contributed by atoms with Gasteiger partial charge in [0, 0.05) is 23.1 Å². The number of benzene rings is 1. The van der Waals surface area contributed by atoms with E-state index in [1.807, 2.05) is 30.0 Å². The number of hydrogen-bond acceptors (Lipinski definition) is 1. The van der Waals surface area contributed by atoms with Crippen LogP contribution in [-0.2, 0) is 0 Å². The summed E-state index contributed by atoms with van der Waals surface area (Å²) < 4.78 is 1.01. The highest BCUT2D eigenvalue weighted by Crippen LogP contribution is 2.22. The topological polar surface area (TPSA) is 20.3 Å². The molecule has 0 spiro atoms. The summed E-state index contributed by atoms with van der Waals surface area (Å²) in [5, 5.41) is 0. The largest absolute Gasteiger partial charge is 0.339 e. The average molecular weight is 282 g/mol. The highest BCUT2D eigenvalue weighted by atomic mass is 79.9. The molecule has 2 rings (SSSR count). The molecule has 0 N–H and O–H groups in total. The lowest BCUT2D eigenvalue weighted by molar-refractivity contribution is 0.0723. The fraction of sp³-hybridized carbons (Fsp3) is 0.462. The van der Waals surface area contributed by atoms with Crippen molar-refractivity contribution in [3.63, 3.8) is 0 Å². The van der Waals surface area contributed by atoms with Crippen LogP contribution < -0.4 is 0 Å². The summed E-state index contributed by atoms with van der Waals surface area (Å²) in [5.74, 6) is 0.179. The molecule has 0 atom stereocenters. The first-order chi connectivity index (χ1) is 7.70. The number of nitrogens with zero attached hydrogens (tertiary/aromatic N) is 1. The Hall–Kier alpha value is -0.830. The van der Waals surface area contributed by atoms with E-state index in [2.05, 4.69) is 15.9 Å². The van der Waals surface area contributed by atoms with Crippen LogP contribution in [-0.4, -0.2) is 23.9 Å². The highest BCUT2D eigenvalue weighted by Gasteiger charge is 2.19. The van der Waals surface area contributed by atoms with Crippen molar-refractivity contribution >= 4 is 21.8 Å². The first kappa shape index (κ1) is 11.6. The minimum Gasteiger partial charge on any atom is -0.339 e. The summed E-state index contributed by atoms with van der Waals surface area (Å²) in [6.07, 6.45) is 3.53. The summed E-state index contributed by atoms with van der Waals surface area (Å²) >= 11 is 3.47. The molecule has 1 aliphatic rings. The second-order valence-corrected chi connectivity index (χ2v) is 5.12. The number of piperidine rings is 1. The van der Waals surface area contributed by atoms with Gasteiger partial charge >= 0.3 is 0 Å². The van der Waals surface area contributed by atoms with Gasteiger partial charge in [0.1, 0.15) is 0 Å². The molecule has 0 bridgehead atoms. The van der Waals surface area contributed by atoms with Crippen LogP contribution in [0.3, 0.4) is 0 Å². The number of carbonyl (C=O) groups excluding carboxylic acids is 1. The number of hydrogen-bond donors (Lipinski definition) is 0. The van der Waals surface area contributed by atoms with Gasteiger partial charge in [-0.15, -0.1) is 0 Å². The van der Waals surface area contributed by atoms with E-state index < -0.39 is 0 Å². The number of carbonyl (C=O) groups is 1. The minimum absolute atomic E-state index is 0.179. The van der Waals surface area contributed by atoms with Gasteiger partial charge in [-0.25, -0.2) is 0 Å². The molecule has 0 radical (unpaired) electrons. The Morgan fingerprint density at radius 3 is 2.62 bits per heavy atom. The van der Waals surface area contributed by atoms with Crippen molar-refractivity contribution in [1.29, 1.82) is 0 Å². The summed E-state index contributed by atoms with van der Waals surface area (Å²) in [7, 11) is 0. The molecular formula is C13H16BrNO. The van der Waals surface area contributed by atoms with Gasteiger partial charge in [0.05, 0.1) is 0 Å². The Kier molecular flexibility index (Phi) is 3.64. The highest BCUT2D eigenvalue weighted by molar-refractivity contribution is 9.10. The summed E-state index contributed by atoms with van der Waals surface area (Å²) in [4.78, 5) is 14.2. The molecule has 1 amide bonds. The fourth-order valence-corrected chi connectivity index (χ4v) is 2.47. The zero-order valence-corrected chi connectivity index (χ0v) is 11.1. The van der Waals surface area contributed by atoms with E-state index in [9.17, 15) is 4.79 Å². The molecular weight excluding hydrogens is 266 g/mol. The lowest BCUT2D eigenvalue weighted by atomic mass is 10.1. The smallest absolute Gasteiger partial charge is 0.254 e. The Bertz CT molecular complexity index is 397. The van der Waals surface area contributed by atoms with Gasteiger partial charge in [-0.1, -0.05) is 22.0 Å². The quantitative estimate of drug-likeness (QED) is 0.773. The van der Waals surface area contributed by atoms with Crippen LogP contribution >= 0.6 is 15.9 Å². The molecule has 1 heterocycles. The molecule has 1 aromatic rings. The van der Waals surface area contributed by atoms with Crippen molar-refractivity contribution in [2.45, 2.75) is 26.2 Å². The number of halogens is 1. The van der Waals surface area contributed by atoms with Crippen molar-refractivity contribution in [1.82, 2.24) is 4.90 Å². The van der Waals surface area contributed by atoms with Gasteiger partial charge in [-0.3, -0.25) is 4.79 Å². The van der Waals surface area contributed by atoms with E-state index >= 15 is 0 Å². The molecule has 16 heavy (non-hydrogen) atoms. The Balaban J connectivity index is 2.22. The summed E-state index contributed by atoms with van der Waals surface area (Å²) in [6.45, 7) is 3.80. The van der Waals surface area contributed by atoms with Crippen LogP contribution in [0, 0.1) is 6.92 Å². The van der Waals surface area contributed by atoms with E-state index in [-0.39, 0.29) is 5.91 Å². The van der Waals surface area contributed by atoms with E-state index in [1.165, 1.54) is 6.42 Å². The van der Waals surface area contributed by atoms with Gasteiger partial charge in [0.15, 0.2) is 0 Å². The number of likely N-dealkylation sites (tertiary alicyclic amines) is 1. The molecule has 1 saturated heterocycles. The second-order valence-electron chi connectivity index (χ2n) is 4.27. The van der Waals surface area contributed by atoms with Crippen molar-refractivity contribution in [3.8, 4) is 0 Å². The first-order valence-electron chi connectivity index (χ1n) is 5.74.